The molecule has 0 bridgehead atoms. The first-order valence-corrected chi connectivity index (χ1v) is 16.1. The first-order chi connectivity index (χ1) is 21.1. The maximum Gasteiger partial charge on any atom is 0.264 e. The minimum atomic E-state index is -4.26. The highest BCUT2D eigenvalue weighted by Gasteiger charge is 2.35. The number of hydrogen-bond acceptors (Lipinski definition) is 4. The number of rotatable bonds is 13. The van der Waals surface area contributed by atoms with E-state index < -0.39 is 40.2 Å². The zero-order chi connectivity index (χ0) is 31.7. The number of anilines is 1. The van der Waals surface area contributed by atoms with E-state index in [1.54, 1.807) is 36.4 Å². The summed E-state index contributed by atoms with van der Waals surface area (Å²) in [6.07, 6.45) is 0.816. The fourth-order valence-electron chi connectivity index (χ4n) is 4.70. The van der Waals surface area contributed by atoms with Gasteiger partial charge in [-0.05, 0) is 61.4 Å². The van der Waals surface area contributed by atoms with Crippen molar-refractivity contribution in [2.75, 3.05) is 17.4 Å². The van der Waals surface area contributed by atoms with Crippen LogP contribution in [-0.4, -0.2) is 44.3 Å². The summed E-state index contributed by atoms with van der Waals surface area (Å²) in [4.78, 5) is 29.2. The van der Waals surface area contributed by atoms with Crippen LogP contribution in [0, 0.1) is 12.7 Å². The molecule has 0 heterocycles. The molecular formula is C34H35ClFN3O4S. The van der Waals surface area contributed by atoms with E-state index in [1.807, 2.05) is 44.2 Å². The minimum Gasteiger partial charge on any atom is -0.354 e. The van der Waals surface area contributed by atoms with Gasteiger partial charge in [0, 0.05) is 30.1 Å². The third-order valence-corrected chi connectivity index (χ3v) is 9.16. The highest BCUT2D eigenvalue weighted by atomic mass is 35.5. The first kappa shape index (κ1) is 32.7. The molecule has 230 valence electrons. The largest absolute Gasteiger partial charge is 0.354 e. The van der Waals surface area contributed by atoms with Crippen LogP contribution in [0.5, 0.6) is 0 Å². The molecule has 0 saturated heterocycles. The summed E-state index contributed by atoms with van der Waals surface area (Å²) in [6, 6.07) is 26.6. The number of benzene rings is 4. The Morgan fingerprint density at radius 2 is 1.52 bits per heavy atom. The summed E-state index contributed by atoms with van der Waals surface area (Å²) in [5.74, 6) is -1.62. The van der Waals surface area contributed by atoms with Gasteiger partial charge in [-0.3, -0.25) is 13.9 Å². The second-order valence-electron chi connectivity index (χ2n) is 10.4. The van der Waals surface area contributed by atoms with E-state index in [1.165, 1.54) is 41.3 Å². The minimum absolute atomic E-state index is 0.0579. The van der Waals surface area contributed by atoms with E-state index in [2.05, 4.69) is 5.32 Å². The Bertz CT molecular complexity index is 1670. The summed E-state index contributed by atoms with van der Waals surface area (Å²) in [7, 11) is -4.26. The van der Waals surface area contributed by atoms with Crippen molar-refractivity contribution < 1.29 is 22.4 Å². The highest BCUT2D eigenvalue weighted by molar-refractivity contribution is 7.92. The fourth-order valence-corrected chi connectivity index (χ4v) is 6.24. The van der Waals surface area contributed by atoms with Gasteiger partial charge in [-0.25, -0.2) is 12.8 Å². The van der Waals surface area contributed by atoms with Crippen molar-refractivity contribution >= 4 is 39.1 Å². The third-order valence-electron chi connectivity index (χ3n) is 7.12. The monoisotopic (exact) mass is 635 g/mol. The SMILES string of the molecule is CCCNC(=O)[C@@H](Cc1ccccc1)N(Cc1ccccc1F)C(=O)CN(c1ccc(C)cc1)S(=O)(=O)c1ccc(Cl)cc1. The number of carbonyl (C=O) groups excluding carboxylic acids is 2. The molecule has 44 heavy (non-hydrogen) atoms. The average molecular weight is 636 g/mol. The van der Waals surface area contributed by atoms with E-state index in [-0.39, 0.29) is 29.1 Å². The lowest BCUT2D eigenvalue weighted by molar-refractivity contribution is -0.140. The molecule has 4 aromatic carbocycles. The van der Waals surface area contributed by atoms with Gasteiger partial charge >= 0.3 is 0 Å². The molecule has 0 aromatic heterocycles. The van der Waals surface area contributed by atoms with Crippen LogP contribution in [0.3, 0.4) is 0 Å². The number of hydrogen-bond donors (Lipinski definition) is 1. The summed E-state index contributed by atoms with van der Waals surface area (Å²) in [5.41, 5.74) is 2.16. The first-order valence-electron chi connectivity index (χ1n) is 14.3. The highest BCUT2D eigenvalue weighted by Crippen LogP contribution is 2.26. The van der Waals surface area contributed by atoms with Crippen LogP contribution in [0.1, 0.15) is 30.0 Å². The van der Waals surface area contributed by atoms with E-state index in [4.69, 9.17) is 11.6 Å². The van der Waals surface area contributed by atoms with E-state index >= 15 is 0 Å². The van der Waals surface area contributed by atoms with Gasteiger partial charge < -0.3 is 10.2 Å². The van der Waals surface area contributed by atoms with E-state index in [0.717, 1.165) is 15.4 Å². The van der Waals surface area contributed by atoms with Crippen molar-refractivity contribution in [3.8, 4) is 0 Å². The van der Waals surface area contributed by atoms with Crippen LogP contribution in [-0.2, 0) is 32.6 Å². The molecule has 10 heteroatoms. The Kier molecular flexibility index (Phi) is 11.1. The zero-order valence-corrected chi connectivity index (χ0v) is 26.2. The molecule has 0 fully saturated rings. The van der Waals surface area contributed by atoms with Crippen LogP contribution in [0.2, 0.25) is 5.02 Å². The summed E-state index contributed by atoms with van der Waals surface area (Å²) < 4.78 is 44.0. The van der Waals surface area contributed by atoms with Crippen LogP contribution >= 0.6 is 11.6 Å². The van der Waals surface area contributed by atoms with Crippen molar-refractivity contribution in [1.82, 2.24) is 10.2 Å². The Hall–Kier alpha value is -4.21. The lowest BCUT2D eigenvalue weighted by Crippen LogP contribution is -2.53. The second-order valence-corrected chi connectivity index (χ2v) is 12.7. The zero-order valence-electron chi connectivity index (χ0n) is 24.6. The smallest absolute Gasteiger partial charge is 0.264 e. The molecule has 4 aromatic rings. The summed E-state index contributed by atoms with van der Waals surface area (Å²) in [5, 5.41) is 3.23. The Balaban J connectivity index is 1.80. The van der Waals surface area contributed by atoms with Gasteiger partial charge in [0.15, 0.2) is 0 Å². The molecular weight excluding hydrogens is 601 g/mol. The van der Waals surface area contributed by atoms with Gasteiger partial charge in [0.2, 0.25) is 11.8 Å². The van der Waals surface area contributed by atoms with Crippen molar-refractivity contribution in [1.29, 1.82) is 0 Å². The number of sulfonamides is 1. The topological polar surface area (TPSA) is 86.8 Å². The Morgan fingerprint density at radius 3 is 2.16 bits per heavy atom. The number of carbonyl (C=O) groups is 2. The van der Waals surface area contributed by atoms with Crippen molar-refractivity contribution in [2.24, 2.45) is 0 Å². The van der Waals surface area contributed by atoms with Crippen LogP contribution < -0.4 is 9.62 Å². The Morgan fingerprint density at radius 1 is 0.886 bits per heavy atom. The molecule has 1 N–H and O–H groups in total. The van der Waals surface area contributed by atoms with Gasteiger partial charge in [-0.15, -0.1) is 0 Å². The second kappa shape index (κ2) is 15.0. The number of aryl methyl sites for hydroxylation is 1. The molecule has 0 aliphatic carbocycles. The van der Waals surface area contributed by atoms with Crippen LogP contribution in [0.15, 0.2) is 108 Å². The van der Waals surface area contributed by atoms with Gasteiger partial charge in [0.25, 0.3) is 10.0 Å². The molecule has 1 atom stereocenters. The van der Waals surface area contributed by atoms with E-state index in [9.17, 15) is 22.4 Å². The molecule has 7 nitrogen and oxygen atoms in total. The normalized spacial score (nSPS) is 11.9. The van der Waals surface area contributed by atoms with Gasteiger partial charge in [-0.2, -0.15) is 0 Å². The lowest BCUT2D eigenvalue weighted by atomic mass is 10.0. The van der Waals surface area contributed by atoms with Gasteiger partial charge in [0.05, 0.1) is 10.6 Å². The maximum atomic E-state index is 15.0. The molecule has 0 radical (unpaired) electrons. The van der Waals surface area contributed by atoms with Gasteiger partial charge in [0.1, 0.15) is 18.4 Å². The number of nitrogens with zero attached hydrogens (tertiary/aromatic N) is 2. The van der Waals surface area contributed by atoms with Crippen LogP contribution in [0.4, 0.5) is 10.1 Å². The number of halogens is 2. The predicted molar refractivity (Wildman–Crippen MR) is 171 cm³/mol. The molecule has 0 unspecified atom stereocenters. The quantitative estimate of drug-likeness (QED) is 0.191. The van der Waals surface area contributed by atoms with Gasteiger partial charge in [-0.1, -0.05) is 84.8 Å². The molecule has 2 amide bonds. The molecule has 4 rings (SSSR count). The van der Waals surface area contributed by atoms with E-state index in [0.29, 0.717) is 18.0 Å². The van der Waals surface area contributed by atoms with Crippen molar-refractivity contribution in [3.63, 3.8) is 0 Å². The van der Waals surface area contributed by atoms with Crippen molar-refractivity contribution in [3.05, 3.63) is 131 Å². The summed E-state index contributed by atoms with van der Waals surface area (Å²) >= 11 is 6.02. The number of nitrogens with one attached hydrogen (secondary N) is 1. The van der Waals surface area contributed by atoms with Crippen LogP contribution in [0.25, 0.3) is 0 Å². The fraction of sp³-hybridized carbons (Fsp3) is 0.235. The molecule has 0 aliphatic rings. The molecule has 0 saturated carbocycles. The molecule has 0 aliphatic heterocycles. The summed E-state index contributed by atoms with van der Waals surface area (Å²) in [6.45, 7) is 3.29. The lowest BCUT2D eigenvalue weighted by Gasteiger charge is -2.34. The third kappa shape index (κ3) is 8.24. The number of amides is 2. The average Bonchev–Trinajstić information content (AvgIpc) is 3.02. The standard InChI is InChI=1S/C34H35ClFN3O4S/c1-3-21-37-34(41)32(22-26-9-5-4-6-10-26)38(23-27-11-7-8-12-31(27)36)33(40)24-39(29-17-13-25(2)14-18-29)44(42,43)30-19-15-28(35)16-20-30/h4-20,32H,3,21-24H2,1-2H3,(H,37,41)/t32-/m1/s1. The predicted octanol–water partition coefficient (Wildman–Crippen LogP) is 6.15. The Labute approximate surface area is 263 Å². The maximum absolute atomic E-state index is 15.0. The molecule has 0 spiro atoms. The van der Waals surface area contributed by atoms with Crippen molar-refractivity contribution in [2.45, 2.75) is 44.2 Å².